The van der Waals surface area contributed by atoms with Gasteiger partial charge in [0.1, 0.15) is 5.82 Å². The van der Waals surface area contributed by atoms with E-state index in [1.54, 1.807) is 12.1 Å². The van der Waals surface area contributed by atoms with Crippen molar-refractivity contribution in [2.45, 2.75) is 26.2 Å². The summed E-state index contributed by atoms with van der Waals surface area (Å²) in [6, 6.07) is 4.55. The van der Waals surface area contributed by atoms with E-state index in [9.17, 15) is 9.18 Å². The summed E-state index contributed by atoms with van der Waals surface area (Å²) in [6.45, 7) is 3.44. The molecule has 0 unspecified atom stereocenters. The third kappa shape index (κ3) is 2.91. The third-order valence-corrected chi connectivity index (χ3v) is 4.18. The molecule has 1 fully saturated rings. The van der Waals surface area contributed by atoms with Crippen molar-refractivity contribution in [2.75, 3.05) is 13.1 Å². The summed E-state index contributed by atoms with van der Waals surface area (Å²) in [7, 11) is 0. The molecule has 0 spiro atoms. The second-order valence-corrected chi connectivity index (χ2v) is 5.62. The Balaban J connectivity index is 2.09. The molecular weight excluding hydrogens is 297 g/mol. The molecule has 1 amide bonds. The lowest BCUT2D eigenvalue weighted by molar-refractivity contribution is 0.0706. The van der Waals surface area contributed by atoms with Crippen LogP contribution in [0.2, 0.25) is 0 Å². The van der Waals surface area contributed by atoms with Crippen LogP contribution in [0.3, 0.4) is 0 Å². The average molecular weight is 314 g/mol. The van der Waals surface area contributed by atoms with Crippen LogP contribution in [0, 0.1) is 11.7 Å². The number of amides is 1. The quantitative estimate of drug-likeness (QED) is 0.826. The van der Waals surface area contributed by atoms with Crippen LogP contribution in [0.25, 0.3) is 0 Å². The number of hydrogen-bond acceptors (Lipinski definition) is 1. The Morgan fingerprint density at radius 1 is 1.50 bits per heavy atom. The van der Waals surface area contributed by atoms with E-state index in [-0.39, 0.29) is 11.7 Å². The van der Waals surface area contributed by atoms with Gasteiger partial charge in [0.05, 0.1) is 4.47 Å². The standard InChI is InChI=1S/C14H17BrFNO/c1-2-17(9-10-4-3-5-10)14(18)11-6-7-12(15)13(16)8-11/h6-8,10H,2-5,9H2,1H3. The number of rotatable bonds is 4. The molecule has 18 heavy (non-hydrogen) atoms. The topological polar surface area (TPSA) is 20.3 Å². The molecule has 0 N–H and O–H groups in total. The van der Waals surface area contributed by atoms with Gasteiger partial charge in [-0.05, 0) is 59.8 Å². The highest BCUT2D eigenvalue weighted by molar-refractivity contribution is 9.10. The summed E-state index contributed by atoms with van der Waals surface area (Å²) in [5.41, 5.74) is 0.428. The summed E-state index contributed by atoms with van der Waals surface area (Å²) < 4.78 is 13.8. The minimum atomic E-state index is -0.388. The molecule has 2 nitrogen and oxygen atoms in total. The Morgan fingerprint density at radius 2 is 2.22 bits per heavy atom. The molecule has 0 saturated heterocycles. The van der Waals surface area contributed by atoms with Gasteiger partial charge < -0.3 is 4.90 Å². The Morgan fingerprint density at radius 3 is 2.72 bits per heavy atom. The lowest BCUT2D eigenvalue weighted by atomic mass is 9.85. The summed E-state index contributed by atoms with van der Waals surface area (Å²) in [5, 5.41) is 0. The molecule has 0 atom stereocenters. The highest BCUT2D eigenvalue weighted by Gasteiger charge is 2.23. The highest BCUT2D eigenvalue weighted by atomic mass is 79.9. The maximum absolute atomic E-state index is 13.4. The maximum Gasteiger partial charge on any atom is 0.253 e. The number of carbonyl (C=O) groups is 1. The zero-order chi connectivity index (χ0) is 13.1. The lowest BCUT2D eigenvalue weighted by Gasteiger charge is -2.31. The Hall–Kier alpha value is -0.900. The fourth-order valence-corrected chi connectivity index (χ4v) is 2.40. The van der Waals surface area contributed by atoms with Crippen molar-refractivity contribution in [1.29, 1.82) is 0 Å². The second kappa shape index (κ2) is 5.83. The number of carbonyl (C=O) groups excluding carboxylic acids is 1. The molecular formula is C14H17BrFNO. The van der Waals surface area contributed by atoms with Crippen molar-refractivity contribution in [3.8, 4) is 0 Å². The number of nitrogens with zero attached hydrogens (tertiary/aromatic N) is 1. The van der Waals surface area contributed by atoms with Crippen molar-refractivity contribution in [3.05, 3.63) is 34.1 Å². The second-order valence-electron chi connectivity index (χ2n) is 4.77. The molecule has 98 valence electrons. The van der Waals surface area contributed by atoms with Crippen LogP contribution in [0.4, 0.5) is 4.39 Å². The maximum atomic E-state index is 13.4. The predicted octanol–water partition coefficient (Wildman–Crippen LogP) is 3.85. The lowest BCUT2D eigenvalue weighted by Crippen LogP contribution is -2.37. The summed E-state index contributed by atoms with van der Waals surface area (Å²) in [5.74, 6) is 0.172. The first-order valence-corrected chi connectivity index (χ1v) is 7.15. The third-order valence-electron chi connectivity index (χ3n) is 3.54. The largest absolute Gasteiger partial charge is 0.339 e. The average Bonchev–Trinajstić information content (AvgIpc) is 2.31. The van der Waals surface area contributed by atoms with Crippen molar-refractivity contribution >= 4 is 21.8 Å². The molecule has 0 bridgehead atoms. The molecule has 1 aromatic carbocycles. The van der Waals surface area contributed by atoms with Gasteiger partial charge in [-0.3, -0.25) is 4.79 Å². The van der Waals surface area contributed by atoms with E-state index < -0.39 is 0 Å². The van der Waals surface area contributed by atoms with Crippen molar-refractivity contribution in [1.82, 2.24) is 4.90 Å². The molecule has 1 aliphatic rings. The molecule has 0 heterocycles. The van der Waals surface area contributed by atoms with Gasteiger partial charge in [0.2, 0.25) is 0 Å². The first-order chi connectivity index (χ1) is 8.61. The van der Waals surface area contributed by atoms with Gasteiger partial charge in [-0.15, -0.1) is 0 Å². The van der Waals surface area contributed by atoms with Crippen molar-refractivity contribution in [2.24, 2.45) is 5.92 Å². The van der Waals surface area contributed by atoms with Gasteiger partial charge in [0, 0.05) is 18.7 Å². The van der Waals surface area contributed by atoms with Crippen LogP contribution < -0.4 is 0 Å². The van der Waals surface area contributed by atoms with Gasteiger partial charge in [-0.25, -0.2) is 4.39 Å². The highest BCUT2D eigenvalue weighted by Crippen LogP contribution is 2.27. The zero-order valence-electron chi connectivity index (χ0n) is 10.5. The van der Waals surface area contributed by atoms with Crippen molar-refractivity contribution < 1.29 is 9.18 Å². The van der Waals surface area contributed by atoms with E-state index in [4.69, 9.17) is 0 Å². The van der Waals surface area contributed by atoms with Crippen LogP contribution in [-0.2, 0) is 0 Å². The first kappa shape index (κ1) is 13.5. The minimum Gasteiger partial charge on any atom is -0.339 e. The van der Waals surface area contributed by atoms with Crippen LogP contribution in [-0.4, -0.2) is 23.9 Å². The molecule has 0 aliphatic heterocycles. The van der Waals surface area contributed by atoms with Gasteiger partial charge in [0.15, 0.2) is 0 Å². The fourth-order valence-electron chi connectivity index (χ4n) is 2.15. The van der Waals surface area contributed by atoms with E-state index in [0.29, 0.717) is 22.5 Å². The van der Waals surface area contributed by atoms with E-state index in [1.807, 2.05) is 11.8 Å². The molecule has 1 saturated carbocycles. The Labute approximate surface area is 115 Å². The number of benzene rings is 1. The van der Waals surface area contributed by atoms with E-state index >= 15 is 0 Å². The summed E-state index contributed by atoms with van der Waals surface area (Å²) >= 11 is 3.09. The normalized spacial score (nSPS) is 15.3. The van der Waals surface area contributed by atoms with Gasteiger partial charge in [0.25, 0.3) is 5.91 Å². The molecule has 0 radical (unpaired) electrons. The smallest absolute Gasteiger partial charge is 0.253 e. The molecule has 0 aromatic heterocycles. The minimum absolute atomic E-state index is 0.0733. The monoisotopic (exact) mass is 313 g/mol. The molecule has 2 rings (SSSR count). The SMILES string of the molecule is CCN(CC1CCC1)C(=O)c1ccc(Br)c(F)c1. The van der Waals surface area contributed by atoms with Gasteiger partial charge in [-0.2, -0.15) is 0 Å². The molecule has 1 aliphatic carbocycles. The Kier molecular flexibility index (Phi) is 4.38. The van der Waals surface area contributed by atoms with Gasteiger partial charge in [-0.1, -0.05) is 6.42 Å². The number of halogens is 2. The van der Waals surface area contributed by atoms with E-state index in [0.717, 1.165) is 6.54 Å². The zero-order valence-corrected chi connectivity index (χ0v) is 12.0. The summed E-state index contributed by atoms with van der Waals surface area (Å²) in [4.78, 5) is 14.1. The van der Waals surface area contributed by atoms with E-state index in [2.05, 4.69) is 15.9 Å². The molecule has 1 aromatic rings. The van der Waals surface area contributed by atoms with Crippen LogP contribution in [0.15, 0.2) is 22.7 Å². The van der Waals surface area contributed by atoms with Crippen LogP contribution in [0.5, 0.6) is 0 Å². The first-order valence-electron chi connectivity index (χ1n) is 6.36. The fraction of sp³-hybridized carbons (Fsp3) is 0.500. The van der Waals surface area contributed by atoms with Crippen molar-refractivity contribution in [3.63, 3.8) is 0 Å². The van der Waals surface area contributed by atoms with Crippen LogP contribution >= 0.6 is 15.9 Å². The predicted molar refractivity (Wildman–Crippen MR) is 73.0 cm³/mol. The van der Waals surface area contributed by atoms with E-state index in [1.165, 1.54) is 25.3 Å². The van der Waals surface area contributed by atoms with Gasteiger partial charge >= 0.3 is 0 Å². The van der Waals surface area contributed by atoms with Crippen LogP contribution in [0.1, 0.15) is 36.5 Å². The Bertz CT molecular complexity index is 445. The molecule has 4 heteroatoms. The number of hydrogen-bond donors (Lipinski definition) is 0. The summed E-state index contributed by atoms with van der Waals surface area (Å²) in [6.07, 6.45) is 3.68.